The number of hydrogen-bond donors (Lipinski definition) is 1. The normalized spacial score (nSPS) is 24.6. The smallest absolute Gasteiger partial charge is 0.0451 e. The van der Waals surface area contributed by atoms with Gasteiger partial charge in [0.05, 0.1) is 0 Å². The standard InChI is InChI=1S/C16H24ClNS2/c1-3-8-18-15(12-6-5-7-13(17)11-12)16-14(4-2)19-9-10-20-16/h5-7,11,14-16,18H,3-4,8-10H2,1-2H3. The SMILES string of the molecule is CCCNC(c1cccc(Cl)c1)C1SCCSC1CC. The van der Waals surface area contributed by atoms with Crippen LogP contribution in [0, 0.1) is 0 Å². The molecule has 1 aromatic carbocycles. The summed E-state index contributed by atoms with van der Waals surface area (Å²) in [5.41, 5.74) is 1.34. The average molecular weight is 330 g/mol. The Morgan fingerprint density at radius 3 is 2.80 bits per heavy atom. The van der Waals surface area contributed by atoms with Crippen LogP contribution in [-0.4, -0.2) is 28.6 Å². The van der Waals surface area contributed by atoms with Crippen LogP contribution in [-0.2, 0) is 0 Å². The lowest BCUT2D eigenvalue weighted by atomic mass is 10.00. The summed E-state index contributed by atoms with van der Waals surface area (Å²) >= 11 is 10.5. The predicted molar refractivity (Wildman–Crippen MR) is 95.3 cm³/mol. The Labute approximate surface area is 136 Å². The highest BCUT2D eigenvalue weighted by atomic mass is 35.5. The Morgan fingerprint density at radius 1 is 1.30 bits per heavy atom. The average Bonchev–Trinajstić information content (AvgIpc) is 2.48. The molecule has 2 rings (SSSR count). The van der Waals surface area contributed by atoms with Crippen LogP contribution in [0.2, 0.25) is 5.02 Å². The lowest BCUT2D eigenvalue weighted by Crippen LogP contribution is -2.39. The molecule has 1 N–H and O–H groups in total. The van der Waals surface area contributed by atoms with Crippen LogP contribution < -0.4 is 5.32 Å². The van der Waals surface area contributed by atoms with Gasteiger partial charge in [0.1, 0.15) is 0 Å². The number of nitrogens with one attached hydrogen (secondary N) is 1. The molecule has 1 aliphatic heterocycles. The fourth-order valence-electron chi connectivity index (χ4n) is 2.67. The molecule has 20 heavy (non-hydrogen) atoms. The molecule has 0 amide bonds. The molecule has 3 atom stereocenters. The van der Waals surface area contributed by atoms with Gasteiger partial charge in [-0.05, 0) is 37.1 Å². The summed E-state index contributed by atoms with van der Waals surface area (Å²) in [4.78, 5) is 0. The third-order valence-corrected chi connectivity index (χ3v) is 7.23. The van der Waals surface area contributed by atoms with E-state index in [9.17, 15) is 0 Å². The van der Waals surface area contributed by atoms with E-state index in [1.165, 1.54) is 29.9 Å². The van der Waals surface area contributed by atoms with E-state index in [1.54, 1.807) is 0 Å². The number of benzene rings is 1. The Bertz CT molecular complexity index is 413. The van der Waals surface area contributed by atoms with Gasteiger partial charge in [0, 0.05) is 33.1 Å². The highest BCUT2D eigenvalue weighted by Crippen LogP contribution is 2.40. The van der Waals surface area contributed by atoms with Gasteiger partial charge in [-0.2, -0.15) is 23.5 Å². The highest BCUT2D eigenvalue weighted by molar-refractivity contribution is 8.07. The van der Waals surface area contributed by atoms with Gasteiger partial charge in [0.15, 0.2) is 0 Å². The van der Waals surface area contributed by atoms with Crippen LogP contribution in [0.15, 0.2) is 24.3 Å². The van der Waals surface area contributed by atoms with Crippen molar-refractivity contribution in [1.29, 1.82) is 0 Å². The first kappa shape index (κ1) is 16.5. The van der Waals surface area contributed by atoms with E-state index in [0.717, 1.165) is 16.8 Å². The lowest BCUT2D eigenvalue weighted by molar-refractivity contribution is 0.498. The van der Waals surface area contributed by atoms with E-state index < -0.39 is 0 Å². The van der Waals surface area contributed by atoms with Gasteiger partial charge in [0.25, 0.3) is 0 Å². The second-order valence-corrected chi connectivity index (χ2v) is 8.21. The third-order valence-electron chi connectivity index (χ3n) is 3.64. The van der Waals surface area contributed by atoms with Crippen LogP contribution in [0.5, 0.6) is 0 Å². The van der Waals surface area contributed by atoms with Crippen LogP contribution in [0.1, 0.15) is 38.3 Å². The van der Waals surface area contributed by atoms with Crippen molar-refractivity contribution in [2.45, 2.75) is 43.2 Å². The van der Waals surface area contributed by atoms with E-state index in [-0.39, 0.29) is 0 Å². The monoisotopic (exact) mass is 329 g/mol. The minimum absolute atomic E-state index is 0.413. The molecule has 0 spiro atoms. The maximum absolute atomic E-state index is 6.19. The van der Waals surface area contributed by atoms with Gasteiger partial charge in [0.2, 0.25) is 0 Å². The summed E-state index contributed by atoms with van der Waals surface area (Å²) in [6.07, 6.45) is 2.41. The van der Waals surface area contributed by atoms with Gasteiger partial charge in [-0.15, -0.1) is 0 Å². The fraction of sp³-hybridized carbons (Fsp3) is 0.625. The molecule has 112 valence electrons. The van der Waals surface area contributed by atoms with Crippen LogP contribution in [0.4, 0.5) is 0 Å². The molecule has 1 saturated heterocycles. The van der Waals surface area contributed by atoms with Crippen LogP contribution in [0.3, 0.4) is 0 Å². The molecule has 1 fully saturated rings. The Balaban J connectivity index is 2.21. The number of halogens is 1. The Hall–Kier alpha value is 0.170. The van der Waals surface area contributed by atoms with Gasteiger partial charge in [-0.3, -0.25) is 0 Å². The van der Waals surface area contributed by atoms with Crippen molar-refractivity contribution in [1.82, 2.24) is 5.32 Å². The van der Waals surface area contributed by atoms with E-state index in [1.807, 2.05) is 6.07 Å². The van der Waals surface area contributed by atoms with Crippen LogP contribution >= 0.6 is 35.1 Å². The lowest BCUT2D eigenvalue weighted by Gasteiger charge is -2.36. The molecule has 0 bridgehead atoms. The van der Waals surface area contributed by atoms with Crippen LogP contribution in [0.25, 0.3) is 0 Å². The zero-order valence-electron chi connectivity index (χ0n) is 12.3. The minimum Gasteiger partial charge on any atom is -0.309 e. The molecular formula is C16H24ClNS2. The molecule has 4 heteroatoms. The van der Waals surface area contributed by atoms with Gasteiger partial charge in [-0.25, -0.2) is 0 Å². The summed E-state index contributed by atoms with van der Waals surface area (Å²) in [7, 11) is 0. The van der Waals surface area contributed by atoms with Gasteiger partial charge < -0.3 is 5.32 Å². The molecule has 1 heterocycles. The Kier molecular flexibility index (Phi) is 7.09. The summed E-state index contributed by atoms with van der Waals surface area (Å²) in [5.74, 6) is 2.55. The summed E-state index contributed by atoms with van der Waals surface area (Å²) < 4.78 is 0. The number of hydrogen-bond acceptors (Lipinski definition) is 3. The zero-order valence-corrected chi connectivity index (χ0v) is 14.7. The molecule has 0 radical (unpaired) electrons. The molecule has 1 aromatic rings. The predicted octanol–water partition coefficient (Wildman–Crippen LogP) is 5.01. The van der Waals surface area contributed by atoms with Crippen molar-refractivity contribution < 1.29 is 0 Å². The fourth-order valence-corrected chi connectivity index (χ4v) is 6.12. The first-order chi connectivity index (χ1) is 9.76. The maximum atomic E-state index is 6.19. The van der Waals surface area contributed by atoms with Gasteiger partial charge in [-0.1, -0.05) is 37.6 Å². The van der Waals surface area contributed by atoms with E-state index in [0.29, 0.717) is 11.3 Å². The molecule has 1 aliphatic rings. The molecule has 0 saturated carbocycles. The number of rotatable bonds is 6. The molecular weight excluding hydrogens is 306 g/mol. The van der Waals surface area contributed by atoms with Crippen molar-refractivity contribution in [2.75, 3.05) is 18.1 Å². The second kappa shape index (κ2) is 8.57. The maximum Gasteiger partial charge on any atom is 0.0451 e. The third kappa shape index (κ3) is 4.33. The van der Waals surface area contributed by atoms with Crippen molar-refractivity contribution in [3.05, 3.63) is 34.9 Å². The van der Waals surface area contributed by atoms with Crippen molar-refractivity contribution >= 4 is 35.1 Å². The topological polar surface area (TPSA) is 12.0 Å². The molecule has 0 aliphatic carbocycles. The quantitative estimate of drug-likeness (QED) is 0.788. The minimum atomic E-state index is 0.413. The van der Waals surface area contributed by atoms with Gasteiger partial charge >= 0.3 is 0 Å². The van der Waals surface area contributed by atoms with Crippen molar-refractivity contribution in [3.8, 4) is 0 Å². The van der Waals surface area contributed by atoms with Crippen molar-refractivity contribution in [3.63, 3.8) is 0 Å². The summed E-state index contributed by atoms with van der Waals surface area (Å²) in [6.45, 7) is 5.60. The number of thioether (sulfide) groups is 2. The highest BCUT2D eigenvalue weighted by Gasteiger charge is 2.32. The Morgan fingerprint density at radius 2 is 2.10 bits per heavy atom. The largest absolute Gasteiger partial charge is 0.309 e. The second-order valence-electron chi connectivity index (χ2n) is 5.14. The molecule has 1 nitrogen and oxygen atoms in total. The first-order valence-corrected chi connectivity index (χ1v) is 9.95. The van der Waals surface area contributed by atoms with Crippen molar-refractivity contribution in [2.24, 2.45) is 0 Å². The first-order valence-electron chi connectivity index (χ1n) is 7.48. The van der Waals surface area contributed by atoms with E-state index in [2.05, 4.69) is 60.9 Å². The van der Waals surface area contributed by atoms with E-state index >= 15 is 0 Å². The molecule has 0 aromatic heterocycles. The summed E-state index contributed by atoms with van der Waals surface area (Å²) in [5, 5.41) is 5.97. The zero-order chi connectivity index (χ0) is 14.4. The summed E-state index contributed by atoms with van der Waals surface area (Å²) in [6, 6.07) is 8.78. The van der Waals surface area contributed by atoms with E-state index in [4.69, 9.17) is 11.6 Å². The molecule has 3 unspecified atom stereocenters.